The third-order valence-electron chi connectivity index (χ3n) is 11.8. The van der Waals surface area contributed by atoms with Crippen molar-refractivity contribution >= 4 is 11.9 Å². The monoisotopic (exact) mass is 819 g/mol. The molecule has 0 aliphatic rings. The van der Waals surface area contributed by atoms with E-state index in [1.165, 1.54) is 218 Å². The number of allylic oxidation sites excluding steroid dienone is 2. The van der Waals surface area contributed by atoms with E-state index >= 15 is 0 Å². The van der Waals surface area contributed by atoms with Crippen LogP contribution in [0.1, 0.15) is 290 Å². The van der Waals surface area contributed by atoms with Crippen LogP contribution in [-0.2, 0) is 23.8 Å². The molecule has 0 spiro atoms. The van der Waals surface area contributed by atoms with Crippen LogP contribution >= 0.6 is 0 Å². The average Bonchev–Trinajstić information content (AvgIpc) is 3.23. The zero-order valence-electron chi connectivity index (χ0n) is 39.6. The molecule has 5 nitrogen and oxygen atoms in total. The van der Waals surface area contributed by atoms with Gasteiger partial charge in [0.25, 0.3) is 0 Å². The normalized spacial score (nSPS) is 12.1. The van der Waals surface area contributed by atoms with Gasteiger partial charge in [-0.2, -0.15) is 0 Å². The second-order valence-electron chi connectivity index (χ2n) is 17.8. The molecule has 0 N–H and O–H groups in total. The van der Waals surface area contributed by atoms with Crippen molar-refractivity contribution in [3.63, 3.8) is 0 Å². The van der Waals surface area contributed by atoms with E-state index in [1.54, 1.807) is 0 Å². The van der Waals surface area contributed by atoms with Crippen LogP contribution in [0.5, 0.6) is 0 Å². The molecule has 0 rings (SSSR count). The fourth-order valence-corrected chi connectivity index (χ4v) is 7.83. The maximum Gasteiger partial charge on any atom is 0.305 e. The lowest BCUT2D eigenvalue weighted by Crippen LogP contribution is -2.29. The van der Waals surface area contributed by atoms with Gasteiger partial charge in [-0.25, -0.2) is 0 Å². The zero-order valence-corrected chi connectivity index (χ0v) is 39.6. The van der Waals surface area contributed by atoms with E-state index in [-0.39, 0.29) is 25.2 Å². The first-order valence-electron chi connectivity index (χ1n) is 26.2. The molecule has 0 bridgehead atoms. The summed E-state index contributed by atoms with van der Waals surface area (Å²) in [5.74, 6) is -0.322. The Balaban J connectivity index is 4.19. The minimum atomic E-state index is -0.391. The van der Waals surface area contributed by atoms with Crippen molar-refractivity contribution in [3.8, 4) is 0 Å². The van der Waals surface area contributed by atoms with Crippen molar-refractivity contribution in [3.05, 3.63) is 12.2 Å². The lowest BCUT2D eigenvalue weighted by molar-refractivity contribution is -0.155. The number of hydrogen-bond acceptors (Lipinski definition) is 5. The standard InChI is InChI=1S/C53H102O5/c1-4-7-10-13-16-19-22-24-26-28-30-33-36-39-42-45-48-56-51(49-57-52(54)46-43-40-37-34-31-21-18-15-12-9-6-3)50-58-53(55)47-44-41-38-35-32-29-27-25-23-20-17-14-11-8-5-2/h20,23,51H,4-19,21-22,24-50H2,1-3H3/b23-20-/t51-/m0/s1. The van der Waals surface area contributed by atoms with E-state index in [0.717, 1.165) is 38.5 Å². The summed E-state index contributed by atoms with van der Waals surface area (Å²) in [6.45, 7) is 7.77. The Morgan fingerprint density at radius 3 is 0.931 bits per heavy atom. The highest BCUT2D eigenvalue weighted by Crippen LogP contribution is 2.16. The molecule has 1 atom stereocenters. The molecule has 0 fully saturated rings. The number of esters is 2. The van der Waals surface area contributed by atoms with E-state index in [9.17, 15) is 9.59 Å². The van der Waals surface area contributed by atoms with Gasteiger partial charge in [-0.1, -0.05) is 245 Å². The quantitative estimate of drug-likeness (QED) is 0.0348. The van der Waals surface area contributed by atoms with Gasteiger partial charge in [0.1, 0.15) is 19.3 Å². The van der Waals surface area contributed by atoms with Crippen LogP contribution in [0.4, 0.5) is 0 Å². The van der Waals surface area contributed by atoms with Gasteiger partial charge in [0.05, 0.1) is 0 Å². The summed E-state index contributed by atoms with van der Waals surface area (Å²) >= 11 is 0. The first-order chi connectivity index (χ1) is 28.6. The molecule has 0 unspecified atom stereocenters. The predicted molar refractivity (Wildman–Crippen MR) is 252 cm³/mol. The largest absolute Gasteiger partial charge is 0.463 e. The van der Waals surface area contributed by atoms with Crippen LogP contribution in [0.3, 0.4) is 0 Å². The molecular formula is C53H102O5. The van der Waals surface area contributed by atoms with E-state index in [2.05, 4.69) is 32.9 Å². The molecule has 0 saturated carbocycles. The van der Waals surface area contributed by atoms with Gasteiger partial charge in [0, 0.05) is 19.4 Å². The summed E-state index contributed by atoms with van der Waals surface area (Å²) in [5, 5.41) is 0. The number of ether oxygens (including phenoxy) is 3. The van der Waals surface area contributed by atoms with E-state index in [4.69, 9.17) is 14.2 Å². The lowest BCUT2D eigenvalue weighted by Gasteiger charge is -2.18. The van der Waals surface area contributed by atoms with Crippen LogP contribution in [0, 0.1) is 0 Å². The molecule has 5 heteroatoms. The SMILES string of the molecule is CCCCCC/C=C\CCCCCCCCCC(=O)OC[C@H](COC(=O)CCCCCCCCCCCCC)OCCCCCCCCCCCCCCCCCC. The highest BCUT2D eigenvalue weighted by atomic mass is 16.6. The van der Waals surface area contributed by atoms with Gasteiger partial charge in [-0.3, -0.25) is 9.59 Å². The Bertz CT molecular complexity index is 840. The maximum atomic E-state index is 12.6. The maximum absolute atomic E-state index is 12.6. The van der Waals surface area contributed by atoms with Crippen LogP contribution in [-0.4, -0.2) is 37.9 Å². The van der Waals surface area contributed by atoms with Gasteiger partial charge >= 0.3 is 11.9 Å². The van der Waals surface area contributed by atoms with Crippen molar-refractivity contribution in [2.75, 3.05) is 19.8 Å². The second kappa shape index (κ2) is 50.0. The first-order valence-corrected chi connectivity index (χ1v) is 26.2. The van der Waals surface area contributed by atoms with Gasteiger partial charge in [-0.05, 0) is 44.9 Å². The number of unbranched alkanes of at least 4 members (excludes halogenated alkanes) is 36. The molecule has 0 aromatic heterocycles. The fourth-order valence-electron chi connectivity index (χ4n) is 7.83. The van der Waals surface area contributed by atoms with Crippen LogP contribution in [0.2, 0.25) is 0 Å². The van der Waals surface area contributed by atoms with E-state index in [1.807, 2.05) is 0 Å². The molecule has 0 radical (unpaired) electrons. The Hall–Kier alpha value is -1.36. The minimum absolute atomic E-state index is 0.160. The topological polar surface area (TPSA) is 61.8 Å². The molecule has 0 aliphatic carbocycles. The number of carbonyl (C=O) groups excluding carboxylic acids is 2. The van der Waals surface area contributed by atoms with E-state index < -0.39 is 6.10 Å². The Labute approximate surface area is 363 Å². The molecule has 58 heavy (non-hydrogen) atoms. The third kappa shape index (κ3) is 47.3. The molecule has 344 valence electrons. The Morgan fingerprint density at radius 2 is 0.603 bits per heavy atom. The summed E-state index contributed by atoms with van der Waals surface area (Å²) in [6, 6.07) is 0. The van der Waals surface area contributed by atoms with Crippen molar-refractivity contribution < 1.29 is 23.8 Å². The molecule has 0 heterocycles. The summed E-state index contributed by atoms with van der Waals surface area (Å²) in [7, 11) is 0. The predicted octanol–water partition coefficient (Wildman–Crippen LogP) is 17.5. The Kier molecular flexibility index (Phi) is 48.8. The smallest absolute Gasteiger partial charge is 0.305 e. The van der Waals surface area contributed by atoms with Crippen molar-refractivity contribution in [2.24, 2.45) is 0 Å². The fraction of sp³-hybridized carbons (Fsp3) is 0.925. The highest BCUT2D eigenvalue weighted by molar-refractivity contribution is 5.69. The Morgan fingerprint density at radius 1 is 0.345 bits per heavy atom. The molecule has 0 aliphatic heterocycles. The molecule has 0 aromatic carbocycles. The van der Waals surface area contributed by atoms with Gasteiger partial charge < -0.3 is 14.2 Å². The van der Waals surface area contributed by atoms with Crippen LogP contribution in [0.15, 0.2) is 12.2 Å². The number of rotatable bonds is 49. The molecule has 0 amide bonds. The summed E-state index contributed by atoms with van der Waals surface area (Å²) in [5.41, 5.74) is 0. The average molecular weight is 819 g/mol. The third-order valence-corrected chi connectivity index (χ3v) is 11.8. The van der Waals surface area contributed by atoms with Gasteiger partial charge in [-0.15, -0.1) is 0 Å². The summed E-state index contributed by atoms with van der Waals surface area (Å²) in [6.07, 6.45) is 56.6. The number of carbonyl (C=O) groups is 2. The van der Waals surface area contributed by atoms with Crippen molar-refractivity contribution in [1.82, 2.24) is 0 Å². The van der Waals surface area contributed by atoms with Crippen molar-refractivity contribution in [2.45, 2.75) is 297 Å². The van der Waals surface area contributed by atoms with Crippen molar-refractivity contribution in [1.29, 1.82) is 0 Å². The summed E-state index contributed by atoms with van der Waals surface area (Å²) in [4.78, 5) is 25.1. The van der Waals surface area contributed by atoms with Crippen LogP contribution < -0.4 is 0 Å². The van der Waals surface area contributed by atoms with Gasteiger partial charge in [0.15, 0.2) is 0 Å². The highest BCUT2D eigenvalue weighted by Gasteiger charge is 2.16. The second-order valence-corrected chi connectivity index (χ2v) is 17.8. The van der Waals surface area contributed by atoms with Crippen LogP contribution in [0.25, 0.3) is 0 Å². The zero-order chi connectivity index (χ0) is 42.1. The molecular weight excluding hydrogens is 717 g/mol. The van der Waals surface area contributed by atoms with Gasteiger partial charge in [0.2, 0.25) is 0 Å². The molecule has 0 aromatic rings. The number of hydrogen-bond donors (Lipinski definition) is 0. The van der Waals surface area contributed by atoms with E-state index in [0.29, 0.717) is 19.4 Å². The minimum Gasteiger partial charge on any atom is -0.463 e. The lowest BCUT2D eigenvalue weighted by atomic mass is 10.0. The first kappa shape index (κ1) is 56.6. The molecule has 0 saturated heterocycles. The summed E-state index contributed by atoms with van der Waals surface area (Å²) < 4.78 is 17.4.